The van der Waals surface area contributed by atoms with Crippen LogP contribution in [-0.2, 0) is 0 Å². The van der Waals surface area contributed by atoms with Crippen LogP contribution >= 0.6 is 11.8 Å². The summed E-state index contributed by atoms with van der Waals surface area (Å²) in [6.45, 7) is 0. The number of hydrogen-bond donors (Lipinski definition) is 0. The van der Waals surface area contributed by atoms with Crippen molar-refractivity contribution >= 4 is 11.8 Å². The summed E-state index contributed by atoms with van der Waals surface area (Å²) in [7, 11) is 0. The van der Waals surface area contributed by atoms with Gasteiger partial charge in [0.1, 0.15) is 11.9 Å². The topological polar surface area (TPSA) is 23.8 Å². The number of hydrogen-bond acceptors (Lipinski definition) is 2. The van der Waals surface area contributed by atoms with Crippen LogP contribution in [0.3, 0.4) is 0 Å². The first-order chi connectivity index (χ1) is 7.79. The van der Waals surface area contributed by atoms with Gasteiger partial charge in [0.25, 0.3) is 0 Å². The van der Waals surface area contributed by atoms with E-state index in [2.05, 4.69) is 6.07 Å². The zero-order chi connectivity index (χ0) is 11.4. The molecule has 0 heterocycles. The van der Waals surface area contributed by atoms with E-state index < -0.39 is 0 Å². The molecular formula is C13H14FNS. The highest BCUT2D eigenvalue weighted by atomic mass is 32.2. The van der Waals surface area contributed by atoms with Crippen molar-refractivity contribution in [1.29, 1.82) is 5.26 Å². The molecule has 0 saturated heterocycles. The van der Waals surface area contributed by atoms with Crippen LogP contribution in [0.4, 0.5) is 4.39 Å². The lowest BCUT2D eigenvalue weighted by molar-refractivity contribution is 0.622. The Morgan fingerprint density at radius 3 is 2.81 bits per heavy atom. The van der Waals surface area contributed by atoms with E-state index in [0.29, 0.717) is 5.56 Å². The largest absolute Gasteiger partial charge is 0.207 e. The van der Waals surface area contributed by atoms with Crippen LogP contribution in [0.25, 0.3) is 0 Å². The van der Waals surface area contributed by atoms with Gasteiger partial charge in [-0.1, -0.05) is 12.8 Å². The highest BCUT2D eigenvalue weighted by Gasteiger charge is 2.15. The van der Waals surface area contributed by atoms with E-state index in [1.807, 2.05) is 0 Å². The Balaban J connectivity index is 2.00. The number of nitriles is 1. The van der Waals surface area contributed by atoms with E-state index in [4.69, 9.17) is 5.26 Å². The highest BCUT2D eigenvalue weighted by Crippen LogP contribution is 2.32. The Hall–Kier alpha value is -1.01. The fourth-order valence-electron chi connectivity index (χ4n) is 2.10. The van der Waals surface area contributed by atoms with Crippen molar-refractivity contribution in [2.75, 3.05) is 5.75 Å². The molecule has 3 heteroatoms. The molecular weight excluding hydrogens is 221 g/mol. The van der Waals surface area contributed by atoms with Crippen LogP contribution in [0.2, 0.25) is 0 Å². The number of benzene rings is 1. The van der Waals surface area contributed by atoms with Crippen molar-refractivity contribution in [3.05, 3.63) is 29.6 Å². The predicted octanol–water partition coefficient (Wildman–Crippen LogP) is 3.98. The lowest BCUT2D eigenvalue weighted by atomic mass is 10.1. The molecule has 1 aliphatic rings. The molecule has 0 unspecified atom stereocenters. The van der Waals surface area contributed by atoms with Crippen molar-refractivity contribution in [3.63, 3.8) is 0 Å². The van der Waals surface area contributed by atoms with Gasteiger partial charge < -0.3 is 0 Å². The monoisotopic (exact) mass is 235 g/mol. The fourth-order valence-corrected chi connectivity index (χ4v) is 3.27. The summed E-state index contributed by atoms with van der Waals surface area (Å²) >= 11 is 1.69. The predicted molar refractivity (Wildman–Crippen MR) is 63.8 cm³/mol. The number of rotatable bonds is 3. The summed E-state index contributed by atoms with van der Waals surface area (Å²) in [6, 6.07) is 6.51. The Morgan fingerprint density at radius 1 is 1.38 bits per heavy atom. The van der Waals surface area contributed by atoms with Crippen molar-refractivity contribution in [3.8, 4) is 6.07 Å². The molecule has 1 nitrogen and oxygen atoms in total. The molecule has 0 aromatic heterocycles. The Morgan fingerprint density at radius 2 is 2.12 bits per heavy atom. The minimum atomic E-state index is -0.332. The summed E-state index contributed by atoms with van der Waals surface area (Å²) in [5.74, 6) is 1.50. The van der Waals surface area contributed by atoms with Crippen LogP contribution in [0.1, 0.15) is 31.2 Å². The fraction of sp³-hybridized carbons (Fsp3) is 0.462. The number of thioether (sulfide) groups is 1. The van der Waals surface area contributed by atoms with Crippen LogP contribution in [0.15, 0.2) is 23.1 Å². The maximum atomic E-state index is 12.9. The second-order valence-corrected chi connectivity index (χ2v) is 5.28. The molecule has 84 valence electrons. The molecule has 0 bridgehead atoms. The van der Waals surface area contributed by atoms with Gasteiger partial charge in [0.05, 0.1) is 5.56 Å². The van der Waals surface area contributed by atoms with E-state index >= 15 is 0 Å². The van der Waals surface area contributed by atoms with Crippen LogP contribution < -0.4 is 0 Å². The standard InChI is InChI=1S/C13H14FNS/c14-12-5-6-13(11(7-12)8-15)16-9-10-3-1-2-4-10/h5-7,10H,1-4,9H2. The van der Waals surface area contributed by atoms with Gasteiger partial charge in [0.2, 0.25) is 0 Å². The number of nitrogens with zero attached hydrogens (tertiary/aromatic N) is 1. The number of halogens is 1. The van der Waals surface area contributed by atoms with E-state index in [0.717, 1.165) is 16.6 Å². The lowest BCUT2D eigenvalue weighted by Gasteiger charge is -2.09. The van der Waals surface area contributed by atoms with Gasteiger partial charge in [-0.15, -0.1) is 11.8 Å². The quantitative estimate of drug-likeness (QED) is 0.740. The summed E-state index contributed by atoms with van der Waals surface area (Å²) in [5.41, 5.74) is 0.461. The average molecular weight is 235 g/mol. The van der Waals surface area contributed by atoms with Gasteiger partial charge in [0.15, 0.2) is 0 Å². The molecule has 0 radical (unpaired) electrons. The smallest absolute Gasteiger partial charge is 0.124 e. The maximum Gasteiger partial charge on any atom is 0.124 e. The minimum absolute atomic E-state index is 0.332. The summed E-state index contributed by atoms with van der Waals surface area (Å²) in [4.78, 5) is 0.913. The normalized spacial score (nSPS) is 16.2. The molecule has 0 N–H and O–H groups in total. The third-order valence-electron chi connectivity index (χ3n) is 3.01. The van der Waals surface area contributed by atoms with Gasteiger partial charge in [0, 0.05) is 10.6 Å². The molecule has 0 amide bonds. The molecule has 1 saturated carbocycles. The van der Waals surface area contributed by atoms with Gasteiger partial charge >= 0.3 is 0 Å². The summed E-state index contributed by atoms with van der Waals surface area (Å²) in [5, 5.41) is 8.90. The van der Waals surface area contributed by atoms with Crippen molar-refractivity contribution < 1.29 is 4.39 Å². The van der Waals surface area contributed by atoms with Gasteiger partial charge in [-0.3, -0.25) is 0 Å². The van der Waals surface area contributed by atoms with Crippen molar-refractivity contribution in [2.45, 2.75) is 30.6 Å². The Bertz CT molecular complexity index is 405. The summed E-state index contributed by atoms with van der Waals surface area (Å²) < 4.78 is 12.9. The molecule has 0 spiro atoms. The van der Waals surface area contributed by atoms with Crippen LogP contribution in [0, 0.1) is 23.1 Å². The Kier molecular flexibility index (Phi) is 3.84. The molecule has 0 aliphatic heterocycles. The molecule has 0 atom stereocenters. The third kappa shape index (κ3) is 2.76. The zero-order valence-corrected chi connectivity index (χ0v) is 9.89. The third-order valence-corrected chi connectivity index (χ3v) is 4.32. The van der Waals surface area contributed by atoms with E-state index in [9.17, 15) is 4.39 Å². The van der Waals surface area contributed by atoms with Gasteiger partial charge in [-0.25, -0.2) is 4.39 Å². The SMILES string of the molecule is N#Cc1cc(F)ccc1SCC1CCCC1. The van der Waals surface area contributed by atoms with E-state index in [1.54, 1.807) is 17.8 Å². The maximum absolute atomic E-state index is 12.9. The zero-order valence-electron chi connectivity index (χ0n) is 9.08. The van der Waals surface area contributed by atoms with E-state index in [1.165, 1.54) is 37.8 Å². The first-order valence-electron chi connectivity index (χ1n) is 5.62. The van der Waals surface area contributed by atoms with Gasteiger partial charge in [-0.05, 0) is 37.0 Å². The molecule has 1 aromatic rings. The van der Waals surface area contributed by atoms with E-state index in [-0.39, 0.29) is 5.82 Å². The first kappa shape index (κ1) is 11.5. The second-order valence-electron chi connectivity index (χ2n) is 4.21. The highest BCUT2D eigenvalue weighted by molar-refractivity contribution is 7.99. The van der Waals surface area contributed by atoms with Crippen LogP contribution in [0.5, 0.6) is 0 Å². The lowest BCUT2D eigenvalue weighted by Crippen LogP contribution is -1.97. The molecule has 2 rings (SSSR count). The second kappa shape index (κ2) is 5.36. The molecule has 16 heavy (non-hydrogen) atoms. The molecule has 1 aromatic carbocycles. The molecule has 1 fully saturated rings. The van der Waals surface area contributed by atoms with Crippen LogP contribution in [-0.4, -0.2) is 5.75 Å². The molecule has 1 aliphatic carbocycles. The average Bonchev–Trinajstić information content (AvgIpc) is 2.80. The first-order valence-corrected chi connectivity index (χ1v) is 6.60. The summed E-state index contributed by atoms with van der Waals surface area (Å²) in [6.07, 6.45) is 5.27. The van der Waals surface area contributed by atoms with Gasteiger partial charge in [-0.2, -0.15) is 5.26 Å². The van der Waals surface area contributed by atoms with Crippen molar-refractivity contribution in [2.24, 2.45) is 5.92 Å². The minimum Gasteiger partial charge on any atom is -0.207 e. The Labute approximate surface area is 99.7 Å². The van der Waals surface area contributed by atoms with Crippen molar-refractivity contribution in [1.82, 2.24) is 0 Å².